The van der Waals surface area contributed by atoms with Crippen molar-refractivity contribution in [2.24, 2.45) is 5.92 Å². The van der Waals surface area contributed by atoms with Crippen LogP contribution in [0.15, 0.2) is 24.3 Å². The number of hydrogen-bond acceptors (Lipinski definition) is 1. The minimum absolute atomic E-state index is 0.797. The molecular formula is C15H23N. The molecule has 1 saturated carbocycles. The summed E-state index contributed by atoms with van der Waals surface area (Å²) in [6.07, 6.45) is 4.05. The van der Waals surface area contributed by atoms with Gasteiger partial charge in [-0.3, -0.25) is 0 Å². The Morgan fingerprint density at radius 3 is 2.81 bits per heavy atom. The minimum Gasteiger partial charge on any atom is -0.313 e. The Morgan fingerprint density at radius 2 is 2.12 bits per heavy atom. The van der Waals surface area contributed by atoms with Crippen molar-refractivity contribution < 1.29 is 0 Å². The maximum Gasteiger partial charge on any atom is 0.0205 e. The highest BCUT2D eigenvalue weighted by Gasteiger charge is 2.23. The van der Waals surface area contributed by atoms with Gasteiger partial charge < -0.3 is 5.32 Å². The average molecular weight is 217 g/mol. The second-order valence-electron chi connectivity index (χ2n) is 5.38. The summed E-state index contributed by atoms with van der Waals surface area (Å²) in [7, 11) is 0. The summed E-state index contributed by atoms with van der Waals surface area (Å²) in [4.78, 5) is 0. The van der Waals surface area contributed by atoms with E-state index in [0.717, 1.165) is 24.9 Å². The molecule has 16 heavy (non-hydrogen) atoms. The Kier molecular flexibility index (Phi) is 4.00. The summed E-state index contributed by atoms with van der Waals surface area (Å²) < 4.78 is 0. The highest BCUT2D eigenvalue weighted by atomic mass is 14.8. The van der Waals surface area contributed by atoms with Crippen molar-refractivity contribution in [1.29, 1.82) is 0 Å². The monoisotopic (exact) mass is 217 g/mol. The molecule has 1 aromatic carbocycles. The molecule has 0 amide bonds. The Balaban J connectivity index is 1.77. The predicted octanol–water partition coefficient (Wildman–Crippen LogP) is 3.70. The van der Waals surface area contributed by atoms with Crippen LogP contribution in [0.3, 0.4) is 0 Å². The first-order chi connectivity index (χ1) is 7.75. The zero-order valence-electron chi connectivity index (χ0n) is 10.5. The summed E-state index contributed by atoms with van der Waals surface area (Å²) in [5, 5.41) is 3.52. The lowest BCUT2D eigenvalue weighted by Crippen LogP contribution is -2.16. The number of benzene rings is 1. The van der Waals surface area contributed by atoms with E-state index in [1.54, 1.807) is 5.56 Å². The Hall–Kier alpha value is -0.820. The lowest BCUT2D eigenvalue weighted by molar-refractivity contribution is 0.537. The van der Waals surface area contributed by atoms with Crippen LogP contribution in [-0.4, -0.2) is 6.54 Å². The molecule has 1 aromatic rings. The molecule has 2 rings (SSSR count). The minimum atomic E-state index is 0.797. The van der Waals surface area contributed by atoms with E-state index in [-0.39, 0.29) is 0 Å². The molecule has 0 aromatic heterocycles. The summed E-state index contributed by atoms with van der Waals surface area (Å²) in [5.74, 6) is 1.67. The smallest absolute Gasteiger partial charge is 0.0205 e. The van der Waals surface area contributed by atoms with Crippen molar-refractivity contribution in [2.75, 3.05) is 6.54 Å². The summed E-state index contributed by atoms with van der Waals surface area (Å²) in [6, 6.07) is 9.08. The third-order valence-corrected chi connectivity index (χ3v) is 3.23. The number of rotatable bonds is 6. The van der Waals surface area contributed by atoms with Crippen molar-refractivity contribution in [3.05, 3.63) is 35.4 Å². The van der Waals surface area contributed by atoms with Gasteiger partial charge in [-0.1, -0.05) is 38.1 Å². The average Bonchev–Trinajstić information content (AvgIpc) is 3.08. The van der Waals surface area contributed by atoms with E-state index in [1.807, 2.05) is 0 Å². The van der Waals surface area contributed by atoms with Crippen LogP contribution in [0.1, 0.15) is 50.2 Å². The van der Waals surface area contributed by atoms with Crippen molar-refractivity contribution in [3.8, 4) is 0 Å². The standard InChI is InChI=1S/C15H23N/c1-12(2)8-9-16-11-13-4-3-5-15(10-13)14-6-7-14/h3-5,10,12,14,16H,6-9,11H2,1-2H3. The molecule has 0 saturated heterocycles. The van der Waals surface area contributed by atoms with Crippen LogP contribution >= 0.6 is 0 Å². The normalized spacial score (nSPS) is 15.7. The molecule has 1 heteroatoms. The second-order valence-corrected chi connectivity index (χ2v) is 5.38. The molecule has 1 aliphatic rings. The fraction of sp³-hybridized carbons (Fsp3) is 0.600. The van der Waals surface area contributed by atoms with Gasteiger partial charge in [0.15, 0.2) is 0 Å². The van der Waals surface area contributed by atoms with Gasteiger partial charge in [0.05, 0.1) is 0 Å². The van der Waals surface area contributed by atoms with E-state index >= 15 is 0 Å². The molecule has 1 aliphatic carbocycles. The number of nitrogens with one attached hydrogen (secondary N) is 1. The fourth-order valence-corrected chi connectivity index (χ4v) is 2.00. The van der Waals surface area contributed by atoms with E-state index in [9.17, 15) is 0 Å². The highest BCUT2D eigenvalue weighted by molar-refractivity contribution is 5.28. The molecule has 0 spiro atoms. The quantitative estimate of drug-likeness (QED) is 0.716. The molecule has 88 valence electrons. The van der Waals surface area contributed by atoms with Gasteiger partial charge >= 0.3 is 0 Å². The molecule has 1 N–H and O–H groups in total. The first-order valence-electron chi connectivity index (χ1n) is 6.55. The lowest BCUT2D eigenvalue weighted by atomic mass is 10.1. The molecule has 1 fully saturated rings. The molecule has 1 nitrogen and oxygen atoms in total. The molecule has 0 atom stereocenters. The maximum atomic E-state index is 3.52. The third kappa shape index (κ3) is 3.64. The maximum absolute atomic E-state index is 3.52. The van der Waals surface area contributed by atoms with E-state index in [1.165, 1.54) is 24.8 Å². The first-order valence-corrected chi connectivity index (χ1v) is 6.55. The van der Waals surface area contributed by atoms with Gasteiger partial charge in [-0.25, -0.2) is 0 Å². The van der Waals surface area contributed by atoms with Gasteiger partial charge in [-0.05, 0) is 48.8 Å². The van der Waals surface area contributed by atoms with Crippen LogP contribution < -0.4 is 5.32 Å². The predicted molar refractivity (Wildman–Crippen MR) is 69.6 cm³/mol. The van der Waals surface area contributed by atoms with Crippen molar-refractivity contribution >= 4 is 0 Å². The number of hydrogen-bond donors (Lipinski definition) is 1. The highest BCUT2D eigenvalue weighted by Crippen LogP contribution is 2.40. The van der Waals surface area contributed by atoms with Gasteiger partial charge in [0, 0.05) is 6.54 Å². The molecule has 0 aliphatic heterocycles. The van der Waals surface area contributed by atoms with Crippen LogP contribution in [0.25, 0.3) is 0 Å². The Morgan fingerprint density at radius 1 is 1.31 bits per heavy atom. The molecular weight excluding hydrogens is 194 g/mol. The molecule has 0 unspecified atom stereocenters. The molecule has 0 heterocycles. The van der Waals surface area contributed by atoms with Crippen molar-refractivity contribution in [2.45, 2.75) is 45.6 Å². The molecule has 0 radical (unpaired) electrons. The van der Waals surface area contributed by atoms with E-state index in [4.69, 9.17) is 0 Å². The molecule has 0 bridgehead atoms. The zero-order chi connectivity index (χ0) is 11.4. The first kappa shape index (κ1) is 11.7. The lowest BCUT2D eigenvalue weighted by Gasteiger charge is -2.08. The van der Waals surface area contributed by atoms with Gasteiger partial charge in [0.2, 0.25) is 0 Å². The SMILES string of the molecule is CC(C)CCNCc1cccc(C2CC2)c1. The van der Waals surface area contributed by atoms with Gasteiger partial charge in [-0.2, -0.15) is 0 Å². The van der Waals surface area contributed by atoms with Gasteiger partial charge in [0.25, 0.3) is 0 Å². The van der Waals surface area contributed by atoms with E-state index in [0.29, 0.717) is 0 Å². The third-order valence-electron chi connectivity index (χ3n) is 3.23. The van der Waals surface area contributed by atoms with Crippen LogP contribution in [0, 0.1) is 5.92 Å². The van der Waals surface area contributed by atoms with Gasteiger partial charge in [0.1, 0.15) is 0 Å². The Labute approximate surface area is 99.3 Å². The summed E-state index contributed by atoms with van der Waals surface area (Å²) in [5.41, 5.74) is 2.98. The van der Waals surface area contributed by atoms with Gasteiger partial charge in [-0.15, -0.1) is 0 Å². The van der Waals surface area contributed by atoms with Crippen LogP contribution in [0.4, 0.5) is 0 Å². The summed E-state index contributed by atoms with van der Waals surface area (Å²) >= 11 is 0. The van der Waals surface area contributed by atoms with Crippen LogP contribution in [0.5, 0.6) is 0 Å². The van der Waals surface area contributed by atoms with E-state index < -0.39 is 0 Å². The van der Waals surface area contributed by atoms with Crippen LogP contribution in [0.2, 0.25) is 0 Å². The van der Waals surface area contributed by atoms with Crippen molar-refractivity contribution in [1.82, 2.24) is 5.32 Å². The van der Waals surface area contributed by atoms with E-state index in [2.05, 4.69) is 43.4 Å². The Bertz CT molecular complexity index is 326. The topological polar surface area (TPSA) is 12.0 Å². The van der Waals surface area contributed by atoms with Crippen LogP contribution in [-0.2, 0) is 6.54 Å². The summed E-state index contributed by atoms with van der Waals surface area (Å²) in [6.45, 7) is 6.70. The largest absolute Gasteiger partial charge is 0.313 e. The second kappa shape index (κ2) is 5.49. The zero-order valence-corrected chi connectivity index (χ0v) is 10.5. The fourth-order valence-electron chi connectivity index (χ4n) is 2.00. The van der Waals surface area contributed by atoms with Crippen molar-refractivity contribution in [3.63, 3.8) is 0 Å².